The Balaban J connectivity index is 1.69. The number of fused-ring (bicyclic) bond motifs is 1. The van der Waals surface area contributed by atoms with Crippen molar-refractivity contribution in [3.05, 3.63) is 47.8 Å². The molecule has 0 aliphatic carbocycles. The summed E-state index contributed by atoms with van der Waals surface area (Å²) in [4.78, 5) is 2.34. The van der Waals surface area contributed by atoms with Crippen LogP contribution in [-0.2, 0) is 13.6 Å². The van der Waals surface area contributed by atoms with Crippen molar-refractivity contribution in [1.29, 1.82) is 0 Å². The van der Waals surface area contributed by atoms with Crippen molar-refractivity contribution in [1.82, 2.24) is 14.7 Å². The molecule has 1 aliphatic rings. The van der Waals surface area contributed by atoms with Gasteiger partial charge in [-0.15, -0.1) is 0 Å². The molecule has 1 aliphatic heterocycles. The summed E-state index contributed by atoms with van der Waals surface area (Å²) < 4.78 is 7.56. The average Bonchev–Trinajstić information content (AvgIpc) is 2.77. The summed E-state index contributed by atoms with van der Waals surface area (Å²) in [6.07, 6.45) is 3.82. The van der Waals surface area contributed by atoms with Crippen LogP contribution in [0.1, 0.15) is 17.2 Å². The Bertz CT molecular complexity index is 581. The van der Waals surface area contributed by atoms with E-state index in [2.05, 4.69) is 16.1 Å². The van der Waals surface area contributed by atoms with E-state index in [1.54, 1.807) is 4.68 Å². The van der Waals surface area contributed by atoms with Crippen LogP contribution >= 0.6 is 0 Å². The van der Waals surface area contributed by atoms with Crippen molar-refractivity contribution in [3.8, 4) is 5.75 Å². The van der Waals surface area contributed by atoms with E-state index in [1.807, 2.05) is 37.6 Å². The summed E-state index contributed by atoms with van der Waals surface area (Å²) in [5, 5.41) is 4.18. The molecule has 0 saturated heterocycles. The molecule has 1 unspecified atom stereocenters. The normalized spacial score (nSPS) is 17.1. The first-order chi connectivity index (χ1) is 9.72. The van der Waals surface area contributed by atoms with Gasteiger partial charge in [-0.1, -0.05) is 18.2 Å². The summed E-state index contributed by atoms with van der Waals surface area (Å²) >= 11 is 0. The Morgan fingerprint density at radius 2 is 2.25 bits per heavy atom. The van der Waals surface area contributed by atoms with Gasteiger partial charge in [-0.25, -0.2) is 0 Å². The quantitative estimate of drug-likeness (QED) is 0.915. The average molecular weight is 272 g/mol. The van der Waals surface area contributed by atoms with E-state index < -0.39 is 0 Å². The maximum atomic E-state index is 6.27. The molecule has 5 nitrogen and oxygen atoms in total. The molecule has 2 aromatic rings. The first kappa shape index (κ1) is 13.1. The van der Waals surface area contributed by atoms with Crippen LogP contribution in [0.15, 0.2) is 36.7 Å². The largest absolute Gasteiger partial charge is 0.492 e. The van der Waals surface area contributed by atoms with Crippen molar-refractivity contribution in [3.63, 3.8) is 0 Å². The van der Waals surface area contributed by atoms with E-state index in [0.29, 0.717) is 6.61 Å². The van der Waals surface area contributed by atoms with Crippen molar-refractivity contribution in [2.75, 3.05) is 19.7 Å². The van der Waals surface area contributed by atoms with Gasteiger partial charge in [0, 0.05) is 50.0 Å². The van der Waals surface area contributed by atoms with Gasteiger partial charge in [0.2, 0.25) is 0 Å². The van der Waals surface area contributed by atoms with Gasteiger partial charge >= 0.3 is 0 Å². The number of para-hydroxylation sites is 1. The minimum absolute atomic E-state index is 0.0195. The number of nitrogens with zero attached hydrogens (tertiary/aromatic N) is 3. The molecule has 5 heteroatoms. The third-order valence-electron chi connectivity index (χ3n) is 3.64. The fourth-order valence-corrected chi connectivity index (χ4v) is 2.55. The summed E-state index contributed by atoms with van der Waals surface area (Å²) in [6, 6.07) is 8.18. The monoisotopic (exact) mass is 272 g/mol. The maximum Gasteiger partial charge on any atom is 0.123 e. The van der Waals surface area contributed by atoms with Gasteiger partial charge in [-0.3, -0.25) is 9.58 Å². The number of benzene rings is 1. The van der Waals surface area contributed by atoms with Gasteiger partial charge in [0.25, 0.3) is 0 Å². The molecule has 2 N–H and O–H groups in total. The minimum atomic E-state index is -0.0195. The number of nitrogens with two attached hydrogens (primary N) is 1. The first-order valence-electron chi connectivity index (χ1n) is 6.89. The molecule has 0 radical (unpaired) electrons. The smallest absolute Gasteiger partial charge is 0.123 e. The number of ether oxygens (including phenoxy) is 1. The van der Waals surface area contributed by atoms with Gasteiger partial charge in [0.1, 0.15) is 12.4 Å². The summed E-state index contributed by atoms with van der Waals surface area (Å²) in [6.45, 7) is 3.28. The van der Waals surface area contributed by atoms with Crippen LogP contribution in [0.2, 0.25) is 0 Å². The zero-order chi connectivity index (χ0) is 13.9. The lowest BCUT2D eigenvalue weighted by molar-refractivity contribution is 0.216. The first-order valence-corrected chi connectivity index (χ1v) is 6.89. The van der Waals surface area contributed by atoms with Crippen LogP contribution in [0.4, 0.5) is 0 Å². The molecular weight excluding hydrogens is 252 g/mol. The molecule has 0 bridgehead atoms. The standard InChI is InChI=1S/C15H20N4O/c1-18-9-13(8-17-18)14(16)11-19-6-7-20-15-5-3-2-4-12(15)10-19/h2-5,8-9,14H,6-7,10-11,16H2,1H3. The molecule has 0 fully saturated rings. The number of hydrogen-bond donors (Lipinski definition) is 1. The van der Waals surface area contributed by atoms with Gasteiger partial charge in [-0.05, 0) is 6.07 Å². The van der Waals surface area contributed by atoms with Crippen LogP contribution in [-0.4, -0.2) is 34.4 Å². The highest BCUT2D eigenvalue weighted by atomic mass is 16.5. The van der Waals surface area contributed by atoms with Crippen molar-refractivity contribution >= 4 is 0 Å². The zero-order valence-corrected chi connectivity index (χ0v) is 11.7. The van der Waals surface area contributed by atoms with Crippen molar-refractivity contribution < 1.29 is 4.74 Å². The molecule has 1 aromatic heterocycles. The number of aryl methyl sites for hydroxylation is 1. The van der Waals surface area contributed by atoms with E-state index in [0.717, 1.165) is 30.9 Å². The number of rotatable bonds is 3. The fourth-order valence-electron chi connectivity index (χ4n) is 2.55. The molecule has 1 atom stereocenters. The molecule has 0 amide bonds. The lowest BCUT2D eigenvalue weighted by Gasteiger charge is -2.22. The second kappa shape index (κ2) is 5.64. The number of hydrogen-bond acceptors (Lipinski definition) is 4. The van der Waals surface area contributed by atoms with Crippen LogP contribution < -0.4 is 10.5 Å². The van der Waals surface area contributed by atoms with Crippen LogP contribution in [0, 0.1) is 0 Å². The van der Waals surface area contributed by atoms with E-state index in [9.17, 15) is 0 Å². The van der Waals surface area contributed by atoms with E-state index in [4.69, 9.17) is 10.5 Å². The number of aromatic nitrogens is 2. The summed E-state index contributed by atoms with van der Waals surface area (Å²) in [5.74, 6) is 0.991. The van der Waals surface area contributed by atoms with E-state index >= 15 is 0 Å². The highest BCUT2D eigenvalue weighted by Crippen LogP contribution is 2.23. The lowest BCUT2D eigenvalue weighted by atomic mass is 10.1. The fraction of sp³-hybridized carbons (Fsp3) is 0.400. The second-order valence-electron chi connectivity index (χ2n) is 5.25. The molecular formula is C15H20N4O. The third-order valence-corrected chi connectivity index (χ3v) is 3.64. The SMILES string of the molecule is Cn1cc(C(N)CN2CCOc3ccccc3C2)cn1. The Labute approximate surface area is 118 Å². The minimum Gasteiger partial charge on any atom is -0.492 e. The third kappa shape index (κ3) is 2.84. The van der Waals surface area contributed by atoms with Gasteiger partial charge in [-0.2, -0.15) is 5.10 Å². The van der Waals surface area contributed by atoms with E-state index in [1.165, 1.54) is 5.56 Å². The summed E-state index contributed by atoms with van der Waals surface area (Å²) in [5.41, 5.74) is 8.57. The van der Waals surface area contributed by atoms with Gasteiger partial charge < -0.3 is 10.5 Å². The molecule has 0 spiro atoms. The molecule has 2 heterocycles. The Morgan fingerprint density at radius 3 is 3.05 bits per heavy atom. The van der Waals surface area contributed by atoms with Crippen LogP contribution in [0.3, 0.4) is 0 Å². The van der Waals surface area contributed by atoms with Crippen LogP contribution in [0.5, 0.6) is 5.75 Å². The summed E-state index contributed by atoms with van der Waals surface area (Å²) in [7, 11) is 1.91. The molecule has 3 rings (SSSR count). The Kier molecular flexibility index (Phi) is 3.71. The topological polar surface area (TPSA) is 56.3 Å². The highest BCUT2D eigenvalue weighted by molar-refractivity contribution is 5.33. The zero-order valence-electron chi connectivity index (χ0n) is 11.7. The second-order valence-corrected chi connectivity index (χ2v) is 5.25. The molecule has 106 valence electrons. The Morgan fingerprint density at radius 1 is 1.40 bits per heavy atom. The van der Waals surface area contributed by atoms with Gasteiger partial charge in [0.15, 0.2) is 0 Å². The molecule has 20 heavy (non-hydrogen) atoms. The molecule has 1 aromatic carbocycles. The maximum absolute atomic E-state index is 6.27. The Hall–Kier alpha value is -1.85. The predicted octanol–water partition coefficient (Wildman–Crippen LogP) is 1.31. The highest BCUT2D eigenvalue weighted by Gasteiger charge is 2.18. The predicted molar refractivity (Wildman–Crippen MR) is 77.4 cm³/mol. The van der Waals surface area contributed by atoms with Crippen molar-refractivity contribution in [2.24, 2.45) is 12.8 Å². The van der Waals surface area contributed by atoms with Crippen molar-refractivity contribution in [2.45, 2.75) is 12.6 Å². The van der Waals surface area contributed by atoms with Gasteiger partial charge in [0.05, 0.1) is 6.20 Å². The lowest BCUT2D eigenvalue weighted by Crippen LogP contribution is -2.33. The van der Waals surface area contributed by atoms with Crippen LogP contribution in [0.25, 0.3) is 0 Å². The molecule has 0 saturated carbocycles. The van der Waals surface area contributed by atoms with E-state index in [-0.39, 0.29) is 6.04 Å².